The van der Waals surface area contributed by atoms with Crippen LogP contribution in [0.15, 0.2) is 30.3 Å². The molecule has 4 N–H and O–H groups in total. The zero-order valence-electron chi connectivity index (χ0n) is 22.3. The predicted molar refractivity (Wildman–Crippen MR) is 148 cm³/mol. The second-order valence-corrected chi connectivity index (χ2v) is 9.41. The van der Waals surface area contributed by atoms with E-state index in [9.17, 15) is 14.4 Å². The Kier molecular flexibility index (Phi) is 19.8. The molecule has 0 saturated heterocycles. The predicted octanol–water partition coefficient (Wildman–Crippen LogP) is 5.27. The lowest BCUT2D eigenvalue weighted by Gasteiger charge is -2.33. The number of carbonyl (C=O) groups is 3. The fourth-order valence-corrected chi connectivity index (χ4v) is 4.26. The second-order valence-electron chi connectivity index (χ2n) is 9.41. The molecule has 0 saturated carbocycles. The van der Waals surface area contributed by atoms with E-state index in [1.807, 2.05) is 37.3 Å². The maximum absolute atomic E-state index is 13.2. The second kappa shape index (κ2) is 21.0. The fraction of sp³-hybridized carbons (Fsp3) is 0.679. The van der Waals surface area contributed by atoms with E-state index in [-0.39, 0.29) is 49.8 Å². The summed E-state index contributed by atoms with van der Waals surface area (Å²) in [6, 6.07) is 8.57. The molecule has 1 rings (SSSR count). The fourth-order valence-electron chi connectivity index (χ4n) is 4.26. The molecule has 36 heavy (non-hydrogen) atoms. The van der Waals surface area contributed by atoms with Crippen molar-refractivity contribution in [2.75, 3.05) is 6.54 Å². The normalized spacial score (nSPS) is 12.3. The van der Waals surface area contributed by atoms with Gasteiger partial charge in [-0.2, -0.15) is 0 Å². The number of nitrogens with two attached hydrogens (primary N) is 2. The molecule has 0 aliphatic heterocycles. The largest absolute Gasteiger partial charge is 0.461 e. The average molecular weight is 526 g/mol. The highest BCUT2D eigenvalue weighted by atomic mass is 35.5. The van der Waals surface area contributed by atoms with Gasteiger partial charge in [0.2, 0.25) is 11.8 Å². The molecule has 0 aliphatic carbocycles. The van der Waals surface area contributed by atoms with Crippen molar-refractivity contribution in [1.29, 1.82) is 0 Å². The van der Waals surface area contributed by atoms with Crippen LogP contribution in [-0.2, 0) is 25.7 Å². The van der Waals surface area contributed by atoms with Crippen LogP contribution in [0.5, 0.6) is 0 Å². The molecule has 1 aromatic carbocycles. The first-order valence-corrected chi connectivity index (χ1v) is 13.4. The van der Waals surface area contributed by atoms with Gasteiger partial charge in [-0.3, -0.25) is 14.4 Å². The van der Waals surface area contributed by atoms with E-state index in [4.69, 9.17) is 16.2 Å². The van der Waals surface area contributed by atoms with Crippen LogP contribution in [0.3, 0.4) is 0 Å². The Hall–Kier alpha value is -2.12. The summed E-state index contributed by atoms with van der Waals surface area (Å²) in [7, 11) is 0. The van der Waals surface area contributed by atoms with Gasteiger partial charge in [0.25, 0.3) is 0 Å². The van der Waals surface area contributed by atoms with E-state index in [0.717, 1.165) is 31.2 Å². The summed E-state index contributed by atoms with van der Waals surface area (Å²) in [5.41, 5.74) is 12.7. The van der Waals surface area contributed by atoms with Gasteiger partial charge in [-0.05, 0) is 31.2 Å². The average Bonchev–Trinajstić information content (AvgIpc) is 2.84. The number of carbonyl (C=O) groups excluding carboxylic acids is 3. The maximum Gasteiger partial charge on any atom is 0.306 e. The van der Waals surface area contributed by atoms with Crippen molar-refractivity contribution in [2.45, 2.75) is 116 Å². The number of amides is 2. The standard InChI is InChI=1S/C28H47N3O4.ClH/c1-3-5-6-7-8-9-13-17-24(21-26(30)32)31(20-4-2)28(34)25(29)18-14-19-27(33)35-22-23-15-11-10-12-16-23;/h10-12,15-16,24-25H,3-9,13-14,17-22,29H2,1-2H3,(H2,30,32);1H/t24-,25-;/m0./s1. The molecule has 0 bridgehead atoms. The molecule has 206 valence electrons. The minimum Gasteiger partial charge on any atom is -0.461 e. The molecule has 0 aromatic heterocycles. The molecule has 7 nitrogen and oxygen atoms in total. The van der Waals surface area contributed by atoms with Gasteiger partial charge in [-0.25, -0.2) is 0 Å². The molecule has 0 unspecified atom stereocenters. The van der Waals surface area contributed by atoms with Gasteiger partial charge in [0.1, 0.15) is 6.61 Å². The van der Waals surface area contributed by atoms with Crippen LogP contribution in [0.4, 0.5) is 0 Å². The van der Waals surface area contributed by atoms with Gasteiger partial charge in [-0.15, -0.1) is 12.4 Å². The van der Waals surface area contributed by atoms with Crippen LogP contribution in [0.1, 0.15) is 103 Å². The van der Waals surface area contributed by atoms with Gasteiger partial charge in [0.15, 0.2) is 0 Å². The lowest BCUT2D eigenvalue weighted by molar-refractivity contribution is -0.145. The highest BCUT2D eigenvalue weighted by molar-refractivity contribution is 5.85. The summed E-state index contributed by atoms with van der Waals surface area (Å²) in [6.45, 7) is 4.99. The Morgan fingerprint density at radius 2 is 1.53 bits per heavy atom. The van der Waals surface area contributed by atoms with Crippen molar-refractivity contribution >= 4 is 30.2 Å². The molecule has 0 heterocycles. The number of nitrogens with zero attached hydrogens (tertiary/aromatic N) is 1. The Labute approximate surface area is 224 Å². The Morgan fingerprint density at radius 1 is 0.889 bits per heavy atom. The molecule has 0 radical (unpaired) electrons. The van der Waals surface area contributed by atoms with E-state index < -0.39 is 11.9 Å². The molecule has 0 aliphatic rings. The summed E-state index contributed by atoms with van der Waals surface area (Å²) in [6.07, 6.45) is 11.0. The molecular weight excluding hydrogens is 478 g/mol. The Bertz CT molecular complexity index is 733. The van der Waals surface area contributed by atoms with Crippen LogP contribution >= 0.6 is 12.4 Å². The van der Waals surface area contributed by atoms with E-state index in [2.05, 4.69) is 6.92 Å². The van der Waals surface area contributed by atoms with E-state index in [1.54, 1.807) is 4.90 Å². The first kappa shape index (κ1) is 33.9. The molecule has 2 amide bonds. The van der Waals surface area contributed by atoms with Crippen LogP contribution in [0, 0.1) is 0 Å². The van der Waals surface area contributed by atoms with Crippen molar-refractivity contribution in [1.82, 2.24) is 4.90 Å². The summed E-state index contributed by atoms with van der Waals surface area (Å²) < 4.78 is 5.30. The minimum absolute atomic E-state index is 0. The number of rotatable bonds is 20. The zero-order chi connectivity index (χ0) is 25.9. The molecule has 2 atom stereocenters. The number of hydrogen-bond donors (Lipinski definition) is 2. The van der Waals surface area contributed by atoms with E-state index >= 15 is 0 Å². The molecule has 1 aromatic rings. The highest BCUT2D eigenvalue weighted by Gasteiger charge is 2.28. The monoisotopic (exact) mass is 525 g/mol. The van der Waals surface area contributed by atoms with Gasteiger partial charge in [0, 0.05) is 25.4 Å². The van der Waals surface area contributed by atoms with Crippen molar-refractivity contribution in [2.24, 2.45) is 11.5 Å². The van der Waals surface area contributed by atoms with Crippen LogP contribution in [0.2, 0.25) is 0 Å². The van der Waals surface area contributed by atoms with Crippen LogP contribution in [0.25, 0.3) is 0 Å². The number of primary amides is 1. The number of hydrogen-bond acceptors (Lipinski definition) is 5. The number of unbranched alkanes of at least 4 members (excludes halogenated alkanes) is 6. The zero-order valence-corrected chi connectivity index (χ0v) is 23.1. The van der Waals surface area contributed by atoms with Gasteiger partial charge in [-0.1, -0.05) is 89.1 Å². The quantitative estimate of drug-likeness (QED) is 0.177. The number of benzene rings is 1. The third-order valence-corrected chi connectivity index (χ3v) is 6.22. The van der Waals surface area contributed by atoms with Crippen molar-refractivity contribution in [3.63, 3.8) is 0 Å². The smallest absolute Gasteiger partial charge is 0.306 e. The van der Waals surface area contributed by atoms with E-state index in [0.29, 0.717) is 19.4 Å². The summed E-state index contributed by atoms with van der Waals surface area (Å²) in [4.78, 5) is 38.7. The lowest BCUT2D eigenvalue weighted by Crippen LogP contribution is -2.50. The van der Waals surface area contributed by atoms with Gasteiger partial charge in [0.05, 0.1) is 6.04 Å². The maximum atomic E-state index is 13.2. The molecule has 8 heteroatoms. The van der Waals surface area contributed by atoms with Gasteiger partial charge < -0.3 is 21.1 Å². The third-order valence-electron chi connectivity index (χ3n) is 6.22. The lowest BCUT2D eigenvalue weighted by atomic mass is 9.99. The van der Waals surface area contributed by atoms with Gasteiger partial charge >= 0.3 is 5.97 Å². The molecular formula is C28H48ClN3O4. The first-order valence-electron chi connectivity index (χ1n) is 13.4. The number of halogens is 1. The molecule has 0 spiro atoms. The topological polar surface area (TPSA) is 116 Å². The van der Waals surface area contributed by atoms with Crippen LogP contribution in [-0.4, -0.2) is 41.3 Å². The highest BCUT2D eigenvalue weighted by Crippen LogP contribution is 2.18. The summed E-state index contributed by atoms with van der Waals surface area (Å²) >= 11 is 0. The first-order chi connectivity index (χ1) is 16.9. The summed E-state index contributed by atoms with van der Waals surface area (Å²) in [5, 5.41) is 0. The summed E-state index contributed by atoms with van der Waals surface area (Å²) in [5.74, 6) is -0.871. The Balaban J connectivity index is 0.0000122. The Morgan fingerprint density at radius 3 is 2.14 bits per heavy atom. The SMILES string of the molecule is CCCCCCCCC[C@@H](CC(N)=O)N(CCC)C(=O)[C@@H](N)CCCC(=O)OCc1ccccc1.Cl. The van der Waals surface area contributed by atoms with Crippen molar-refractivity contribution < 1.29 is 19.1 Å². The third kappa shape index (κ3) is 15.1. The van der Waals surface area contributed by atoms with E-state index in [1.165, 1.54) is 32.1 Å². The van der Waals surface area contributed by atoms with Crippen molar-refractivity contribution in [3.8, 4) is 0 Å². The van der Waals surface area contributed by atoms with Crippen molar-refractivity contribution in [3.05, 3.63) is 35.9 Å². The number of ether oxygens (including phenoxy) is 1. The number of esters is 1. The molecule has 0 fully saturated rings. The van der Waals surface area contributed by atoms with Crippen LogP contribution < -0.4 is 11.5 Å². The minimum atomic E-state index is -0.715.